The van der Waals surface area contributed by atoms with E-state index in [1.165, 1.54) is 47.7 Å². The van der Waals surface area contributed by atoms with Crippen LogP contribution >= 0.6 is 11.3 Å². The molecule has 2 amide bonds. The molecular formula is C18H12FN3O4S. The molecule has 3 rings (SSSR count). The summed E-state index contributed by atoms with van der Waals surface area (Å²) in [4.78, 5) is 35.3. The second-order valence-corrected chi connectivity index (χ2v) is 6.47. The first-order valence-electron chi connectivity index (χ1n) is 7.65. The molecule has 0 atom stereocenters. The van der Waals surface area contributed by atoms with Crippen LogP contribution in [0, 0.1) is 15.9 Å². The molecule has 0 unspecified atom stereocenters. The largest absolute Gasteiger partial charge is 0.279 e. The van der Waals surface area contributed by atoms with Crippen molar-refractivity contribution in [3.8, 4) is 10.4 Å². The van der Waals surface area contributed by atoms with Crippen LogP contribution in [0.2, 0.25) is 0 Å². The van der Waals surface area contributed by atoms with E-state index < -0.39 is 16.7 Å². The van der Waals surface area contributed by atoms with Crippen molar-refractivity contribution in [3.63, 3.8) is 0 Å². The molecule has 0 aliphatic carbocycles. The number of nitro groups is 1. The highest BCUT2D eigenvalue weighted by Gasteiger charge is 2.13. The van der Waals surface area contributed by atoms with Gasteiger partial charge < -0.3 is 0 Å². The normalized spacial score (nSPS) is 10.3. The van der Waals surface area contributed by atoms with Crippen LogP contribution in [0.3, 0.4) is 0 Å². The van der Waals surface area contributed by atoms with Gasteiger partial charge in [0.2, 0.25) is 0 Å². The molecule has 7 nitrogen and oxygen atoms in total. The number of nitro benzene ring substituents is 1. The van der Waals surface area contributed by atoms with Crippen LogP contribution in [0.4, 0.5) is 10.1 Å². The monoisotopic (exact) mass is 385 g/mol. The minimum atomic E-state index is -0.603. The molecule has 0 saturated carbocycles. The highest BCUT2D eigenvalue weighted by Crippen LogP contribution is 2.28. The first-order valence-corrected chi connectivity index (χ1v) is 8.46. The molecule has 0 saturated heterocycles. The molecule has 0 bridgehead atoms. The molecule has 0 aliphatic heterocycles. The molecule has 27 heavy (non-hydrogen) atoms. The Kier molecular flexibility index (Phi) is 5.23. The van der Waals surface area contributed by atoms with E-state index in [1.807, 2.05) is 0 Å². The summed E-state index contributed by atoms with van der Waals surface area (Å²) in [5.74, 6) is -1.46. The average Bonchev–Trinajstić information content (AvgIpc) is 3.16. The molecule has 0 fully saturated rings. The lowest BCUT2D eigenvalue weighted by Crippen LogP contribution is -2.41. The second-order valence-electron chi connectivity index (χ2n) is 5.38. The zero-order chi connectivity index (χ0) is 19.4. The Morgan fingerprint density at radius 2 is 1.52 bits per heavy atom. The lowest BCUT2D eigenvalue weighted by Gasteiger charge is -2.06. The third-order valence-electron chi connectivity index (χ3n) is 3.59. The number of halogens is 1. The first-order chi connectivity index (χ1) is 12.9. The standard InChI is InChI=1S/C18H12FN3O4S/c19-13-5-1-11(2-6-13)15-9-10-16(27-15)18(24)21-20-17(23)12-3-7-14(8-4-12)22(25)26/h1-10H,(H,20,23)(H,21,24). The number of non-ortho nitro benzene ring substituents is 1. The van der Waals surface area contributed by atoms with Crippen LogP contribution in [-0.4, -0.2) is 16.7 Å². The molecule has 1 heterocycles. The van der Waals surface area contributed by atoms with Crippen molar-refractivity contribution in [2.45, 2.75) is 0 Å². The van der Waals surface area contributed by atoms with E-state index in [0.717, 1.165) is 10.4 Å². The van der Waals surface area contributed by atoms with Gasteiger partial charge in [0, 0.05) is 22.6 Å². The average molecular weight is 385 g/mol. The molecule has 3 aromatic rings. The number of nitrogens with one attached hydrogen (secondary N) is 2. The maximum absolute atomic E-state index is 13.0. The van der Waals surface area contributed by atoms with Gasteiger partial charge in [-0.25, -0.2) is 4.39 Å². The van der Waals surface area contributed by atoms with Gasteiger partial charge in [0.1, 0.15) is 5.82 Å². The maximum atomic E-state index is 13.0. The summed E-state index contributed by atoms with van der Waals surface area (Å²) >= 11 is 1.19. The third-order valence-corrected chi connectivity index (χ3v) is 4.72. The Labute approximate surface area is 156 Å². The van der Waals surface area contributed by atoms with E-state index in [0.29, 0.717) is 4.88 Å². The minimum Gasteiger partial charge on any atom is -0.267 e. The fourth-order valence-corrected chi connectivity index (χ4v) is 3.12. The zero-order valence-electron chi connectivity index (χ0n) is 13.6. The third kappa shape index (κ3) is 4.33. The Balaban J connectivity index is 1.61. The number of hydrogen-bond donors (Lipinski definition) is 2. The van der Waals surface area contributed by atoms with Crippen LogP contribution in [0.15, 0.2) is 60.7 Å². The number of amides is 2. The van der Waals surface area contributed by atoms with Gasteiger partial charge in [-0.2, -0.15) is 0 Å². The topological polar surface area (TPSA) is 101 Å². The van der Waals surface area contributed by atoms with E-state index >= 15 is 0 Å². The summed E-state index contributed by atoms with van der Waals surface area (Å²) in [5, 5.41) is 10.6. The van der Waals surface area contributed by atoms with Gasteiger partial charge in [0.05, 0.1) is 9.80 Å². The van der Waals surface area contributed by atoms with Crippen molar-refractivity contribution < 1.29 is 18.9 Å². The minimum absolute atomic E-state index is 0.137. The summed E-state index contributed by atoms with van der Waals surface area (Å²) in [6.07, 6.45) is 0. The fourth-order valence-electron chi connectivity index (χ4n) is 2.21. The molecule has 2 aromatic carbocycles. The van der Waals surface area contributed by atoms with E-state index in [4.69, 9.17) is 0 Å². The quantitative estimate of drug-likeness (QED) is 0.530. The van der Waals surface area contributed by atoms with Crippen LogP contribution in [0.5, 0.6) is 0 Å². The van der Waals surface area contributed by atoms with Gasteiger partial charge in [-0.15, -0.1) is 11.3 Å². The molecule has 0 aliphatic rings. The number of carbonyl (C=O) groups is 2. The number of rotatable bonds is 4. The Morgan fingerprint density at radius 3 is 2.15 bits per heavy atom. The predicted molar refractivity (Wildman–Crippen MR) is 97.7 cm³/mol. The van der Waals surface area contributed by atoms with Crippen molar-refractivity contribution in [2.75, 3.05) is 0 Å². The van der Waals surface area contributed by atoms with Gasteiger partial charge >= 0.3 is 0 Å². The van der Waals surface area contributed by atoms with Crippen molar-refractivity contribution in [3.05, 3.63) is 87.0 Å². The first kappa shape index (κ1) is 18.2. The van der Waals surface area contributed by atoms with Crippen molar-refractivity contribution in [2.24, 2.45) is 0 Å². The zero-order valence-corrected chi connectivity index (χ0v) is 14.5. The number of hydrogen-bond acceptors (Lipinski definition) is 5. The van der Waals surface area contributed by atoms with Gasteiger partial charge in [0.25, 0.3) is 17.5 Å². The van der Waals surface area contributed by atoms with Gasteiger partial charge in [-0.05, 0) is 42.0 Å². The van der Waals surface area contributed by atoms with Crippen LogP contribution in [-0.2, 0) is 0 Å². The van der Waals surface area contributed by atoms with Gasteiger partial charge in [0.15, 0.2) is 0 Å². The number of carbonyl (C=O) groups excluding carboxylic acids is 2. The predicted octanol–water partition coefficient (Wildman–Crippen LogP) is 3.54. The Morgan fingerprint density at radius 1 is 0.889 bits per heavy atom. The Bertz CT molecular complexity index is 1000. The molecule has 1 aromatic heterocycles. The molecule has 136 valence electrons. The van der Waals surface area contributed by atoms with E-state index in [9.17, 15) is 24.1 Å². The van der Waals surface area contributed by atoms with Crippen LogP contribution in [0.25, 0.3) is 10.4 Å². The summed E-state index contributed by atoms with van der Waals surface area (Å²) in [6, 6.07) is 14.2. The summed E-state index contributed by atoms with van der Waals surface area (Å²) < 4.78 is 13.0. The summed E-state index contributed by atoms with van der Waals surface area (Å²) in [7, 11) is 0. The number of thiophene rings is 1. The Hall–Kier alpha value is -3.59. The lowest BCUT2D eigenvalue weighted by atomic mass is 10.2. The fraction of sp³-hybridized carbons (Fsp3) is 0. The number of benzene rings is 2. The molecule has 0 spiro atoms. The molecule has 9 heteroatoms. The smallest absolute Gasteiger partial charge is 0.267 e. The van der Waals surface area contributed by atoms with Crippen molar-refractivity contribution >= 4 is 28.8 Å². The second kappa shape index (κ2) is 7.75. The highest BCUT2D eigenvalue weighted by atomic mass is 32.1. The SMILES string of the molecule is O=C(NNC(=O)c1ccc(-c2ccc(F)cc2)s1)c1ccc([N+](=O)[O-])cc1. The van der Waals surface area contributed by atoms with Crippen LogP contribution in [0.1, 0.15) is 20.0 Å². The lowest BCUT2D eigenvalue weighted by molar-refractivity contribution is -0.384. The van der Waals surface area contributed by atoms with Crippen LogP contribution < -0.4 is 10.9 Å². The number of nitrogens with zero attached hydrogens (tertiary/aromatic N) is 1. The van der Waals surface area contributed by atoms with E-state index in [2.05, 4.69) is 10.9 Å². The molecule has 0 radical (unpaired) electrons. The summed E-state index contributed by atoms with van der Waals surface area (Å²) in [5.41, 5.74) is 5.34. The van der Waals surface area contributed by atoms with Crippen molar-refractivity contribution in [1.29, 1.82) is 0 Å². The maximum Gasteiger partial charge on any atom is 0.279 e. The summed E-state index contributed by atoms with van der Waals surface area (Å²) in [6.45, 7) is 0. The van der Waals surface area contributed by atoms with Gasteiger partial charge in [-0.3, -0.25) is 30.6 Å². The highest BCUT2D eigenvalue weighted by molar-refractivity contribution is 7.17. The van der Waals surface area contributed by atoms with E-state index in [1.54, 1.807) is 24.3 Å². The molecule has 2 N–H and O–H groups in total. The molecular weight excluding hydrogens is 373 g/mol. The van der Waals surface area contributed by atoms with Crippen molar-refractivity contribution in [1.82, 2.24) is 10.9 Å². The van der Waals surface area contributed by atoms with E-state index in [-0.39, 0.29) is 17.1 Å². The number of hydrazine groups is 1. The van der Waals surface area contributed by atoms with Gasteiger partial charge in [-0.1, -0.05) is 12.1 Å².